The molecule has 0 fully saturated rings. The van der Waals surface area contributed by atoms with Gasteiger partial charge < -0.3 is 9.38 Å². The summed E-state index contributed by atoms with van der Waals surface area (Å²) in [6.45, 7) is 39.6. The average Bonchev–Trinajstić information content (AvgIpc) is 3.71. The van der Waals surface area contributed by atoms with Gasteiger partial charge in [-0.05, 0) is 172 Å². The second-order valence-electron chi connectivity index (χ2n) is 26.7. The van der Waals surface area contributed by atoms with Crippen molar-refractivity contribution in [3.8, 4) is 27.9 Å². The lowest BCUT2D eigenvalue weighted by molar-refractivity contribution is 0.332. The van der Waals surface area contributed by atoms with Crippen LogP contribution in [0.5, 0.6) is 0 Å². The van der Waals surface area contributed by atoms with Gasteiger partial charge in [0.2, 0.25) is 0 Å². The van der Waals surface area contributed by atoms with E-state index in [0.29, 0.717) is 0 Å². The molecule has 0 saturated carbocycles. The van der Waals surface area contributed by atoms with Crippen LogP contribution >= 0.6 is 0 Å². The van der Waals surface area contributed by atoms with Gasteiger partial charge >= 0.3 is 6.85 Å². The number of aromatic nitrogens is 1. The van der Waals surface area contributed by atoms with Crippen molar-refractivity contribution < 1.29 is 0 Å². The zero-order valence-electron chi connectivity index (χ0n) is 43.0. The number of fused-ring (bicyclic) bond motifs is 15. The predicted molar refractivity (Wildman–Crippen MR) is 290 cm³/mol. The Morgan fingerprint density at radius 2 is 1.08 bits per heavy atom. The molecule has 3 aliphatic heterocycles. The zero-order chi connectivity index (χ0) is 46.8. The molecule has 2 aliphatic carbocycles. The first-order chi connectivity index (χ1) is 30.7. The van der Waals surface area contributed by atoms with Crippen molar-refractivity contribution in [1.82, 2.24) is 4.57 Å². The Hall–Kier alpha value is -4.80. The summed E-state index contributed by atoms with van der Waals surface area (Å²) < 4.78 is 2.80. The molecule has 12 rings (SSSR count). The van der Waals surface area contributed by atoms with Crippen LogP contribution in [0, 0.1) is 0 Å². The van der Waals surface area contributed by atoms with Crippen LogP contribution < -0.4 is 26.1 Å². The van der Waals surface area contributed by atoms with Crippen LogP contribution in [0.15, 0.2) is 91.0 Å². The lowest BCUT2D eigenvalue weighted by Crippen LogP contribution is -2.62. The van der Waals surface area contributed by atoms with E-state index in [9.17, 15) is 0 Å². The molecule has 0 N–H and O–H groups in total. The zero-order valence-corrected chi connectivity index (χ0v) is 44.0. The number of nitrogens with zero attached hydrogens (tertiary/aromatic N) is 2. The fraction of sp³-hybridized carbons (Fsp3) is 0.419. The van der Waals surface area contributed by atoms with E-state index in [1.54, 1.807) is 10.4 Å². The normalized spacial score (nSPS) is 19.8. The topological polar surface area (TPSA) is 8.17 Å². The summed E-state index contributed by atoms with van der Waals surface area (Å²) in [5, 5.41) is 6.15. The molecule has 1 aromatic heterocycles. The van der Waals surface area contributed by atoms with Gasteiger partial charge in [-0.2, -0.15) is 0 Å². The third kappa shape index (κ3) is 5.49. The van der Waals surface area contributed by atoms with Crippen molar-refractivity contribution in [2.45, 2.75) is 168 Å². The first-order valence-corrected chi connectivity index (χ1v) is 28.3. The SMILES string of the molecule is CC(C)(C)c1ccc(N2B3c4cc5c(cc4-n4c6ccc(C(C)(C)C)cc6c6c7c(c(c3c64)-c3cc4c(cc32)C(C)(C)CCC4(C)C)-c2ccccc2[Si]7(C)C)C(C)(C)CCC5(C)C)cc1. The molecular weight excluding hydrogens is 812 g/mol. The molecule has 7 aromatic rings. The van der Waals surface area contributed by atoms with Gasteiger partial charge in [-0.1, -0.05) is 159 Å². The Morgan fingerprint density at radius 1 is 0.545 bits per heavy atom. The van der Waals surface area contributed by atoms with E-state index in [1.165, 1.54) is 131 Å². The molecule has 0 unspecified atom stereocenters. The monoisotopic (exact) mass is 883 g/mol. The second-order valence-corrected chi connectivity index (χ2v) is 31.0. The summed E-state index contributed by atoms with van der Waals surface area (Å²) in [6, 6.07) is 37.8. The lowest BCUT2D eigenvalue weighted by atomic mass is 9.42. The summed E-state index contributed by atoms with van der Waals surface area (Å²) >= 11 is 0. The number of benzene rings is 6. The van der Waals surface area contributed by atoms with Crippen molar-refractivity contribution in [2.24, 2.45) is 0 Å². The molecule has 0 spiro atoms. The summed E-state index contributed by atoms with van der Waals surface area (Å²) in [7, 11) is -2.26. The minimum absolute atomic E-state index is 0.0137. The first-order valence-electron chi connectivity index (χ1n) is 25.3. The second kappa shape index (κ2) is 12.8. The Bertz CT molecular complexity index is 3300. The molecule has 5 aliphatic rings. The Labute approximate surface area is 397 Å². The number of hydrogen-bond acceptors (Lipinski definition) is 1. The largest absolute Gasteiger partial charge is 0.376 e. The van der Waals surface area contributed by atoms with Crippen LogP contribution in [-0.2, 0) is 32.5 Å². The van der Waals surface area contributed by atoms with Crippen molar-refractivity contribution >= 4 is 69.4 Å². The molecule has 4 heteroatoms. The Morgan fingerprint density at radius 3 is 1.67 bits per heavy atom. The molecular formula is C62H71BN2Si. The van der Waals surface area contributed by atoms with Gasteiger partial charge in [-0.3, -0.25) is 0 Å². The maximum Gasteiger partial charge on any atom is 0.333 e. The summed E-state index contributed by atoms with van der Waals surface area (Å²) in [4.78, 5) is 2.84. The van der Waals surface area contributed by atoms with E-state index in [4.69, 9.17) is 0 Å². The minimum Gasteiger partial charge on any atom is -0.376 e. The van der Waals surface area contributed by atoms with Crippen LogP contribution in [-0.4, -0.2) is 19.5 Å². The van der Waals surface area contributed by atoms with Crippen LogP contribution in [0.25, 0.3) is 49.7 Å². The van der Waals surface area contributed by atoms with E-state index in [-0.39, 0.29) is 39.3 Å². The van der Waals surface area contributed by atoms with Crippen LogP contribution in [0.2, 0.25) is 13.1 Å². The number of rotatable bonds is 1. The van der Waals surface area contributed by atoms with Gasteiger partial charge in [-0.25, -0.2) is 0 Å². The van der Waals surface area contributed by atoms with E-state index < -0.39 is 8.07 Å². The standard InChI is InChI=1S/C62H71BN2Si/c1-57(2,3)36-21-24-38(25-22-36)65-48-34-44-42(59(7,8)27-29-61(44,11)12)32-41(48)51-52-39-19-17-18-20-50(39)66(15,16)56(52)53-40-31-37(58(4,5)6)23-26-47(40)64-49-35-45-43(60(9,10)28-30-62(45,13)14)33-46(49)63(65)54(51)55(53)64/h17-26,31-35H,27-30H2,1-16H3. The van der Waals surface area contributed by atoms with Crippen molar-refractivity contribution in [3.05, 3.63) is 124 Å². The lowest BCUT2D eigenvalue weighted by Gasteiger charge is -2.48. The molecule has 0 saturated heterocycles. The van der Waals surface area contributed by atoms with Crippen LogP contribution in [0.1, 0.15) is 156 Å². The maximum atomic E-state index is 2.84. The highest BCUT2D eigenvalue weighted by Gasteiger charge is 2.52. The van der Waals surface area contributed by atoms with Crippen LogP contribution in [0.4, 0.5) is 11.4 Å². The molecule has 0 bridgehead atoms. The van der Waals surface area contributed by atoms with E-state index >= 15 is 0 Å². The molecule has 4 heterocycles. The Kier molecular flexibility index (Phi) is 8.28. The third-order valence-corrected chi connectivity index (χ3v) is 21.7. The van der Waals surface area contributed by atoms with E-state index in [0.717, 1.165) is 0 Å². The maximum absolute atomic E-state index is 2.84. The quantitative estimate of drug-likeness (QED) is 0.149. The van der Waals surface area contributed by atoms with Gasteiger partial charge in [0, 0.05) is 33.4 Å². The van der Waals surface area contributed by atoms with Gasteiger partial charge in [0.1, 0.15) is 8.07 Å². The van der Waals surface area contributed by atoms with Gasteiger partial charge in [0.15, 0.2) is 0 Å². The number of anilines is 2. The van der Waals surface area contributed by atoms with Crippen molar-refractivity contribution in [2.75, 3.05) is 4.81 Å². The average molecular weight is 883 g/mol. The van der Waals surface area contributed by atoms with Gasteiger partial charge in [0.25, 0.3) is 0 Å². The molecule has 2 nitrogen and oxygen atoms in total. The summed E-state index contributed by atoms with van der Waals surface area (Å²) in [5.41, 5.74) is 24.9. The van der Waals surface area contributed by atoms with Gasteiger partial charge in [-0.15, -0.1) is 0 Å². The summed E-state index contributed by atoms with van der Waals surface area (Å²) in [5.74, 6) is 0. The van der Waals surface area contributed by atoms with Crippen LogP contribution in [0.3, 0.4) is 0 Å². The number of hydrogen-bond donors (Lipinski definition) is 0. The molecule has 0 atom stereocenters. The minimum atomic E-state index is -2.26. The fourth-order valence-electron chi connectivity index (χ4n) is 13.8. The predicted octanol–water partition coefficient (Wildman–Crippen LogP) is 14.1. The molecule has 6 aromatic carbocycles. The first kappa shape index (κ1) is 42.5. The fourth-order valence-corrected chi connectivity index (χ4v) is 17.3. The third-order valence-electron chi connectivity index (χ3n) is 18.2. The smallest absolute Gasteiger partial charge is 0.333 e. The highest BCUT2D eigenvalue weighted by atomic mass is 28.3. The summed E-state index contributed by atoms with van der Waals surface area (Å²) in [6.07, 6.45) is 4.75. The molecule has 0 amide bonds. The molecule has 336 valence electrons. The van der Waals surface area contributed by atoms with Crippen molar-refractivity contribution in [3.63, 3.8) is 0 Å². The highest BCUT2D eigenvalue weighted by molar-refractivity contribution is 7.06. The highest BCUT2D eigenvalue weighted by Crippen LogP contribution is 2.56. The van der Waals surface area contributed by atoms with E-state index in [1.807, 2.05) is 0 Å². The van der Waals surface area contributed by atoms with Crippen molar-refractivity contribution in [1.29, 1.82) is 0 Å². The molecule has 0 radical (unpaired) electrons. The van der Waals surface area contributed by atoms with Gasteiger partial charge in [0.05, 0.1) is 11.0 Å². The molecule has 66 heavy (non-hydrogen) atoms. The Balaban J connectivity index is 1.35. The van der Waals surface area contributed by atoms with E-state index in [2.05, 4.69) is 210 Å².